The highest BCUT2D eigenvalue weighted by Gasteiger charge is 2.17. The van der Waals surface area contributed by atoms with Gasteiger partial charge in [0, 0.05) is 0 Å². The van der Waals surface area contributed by atoms with Crippen molar-refractivity contribution in [2.45, 2.75) is 26.2 Å². The van der Waals surface area contributed by atoms with Crippen LogP contribution in [0.15, 0.2) is 30.5 Å². The normalized spacial score (nSPS) is 10.6. The maximum absolute atomic E-state index is 11.2. The summed E-state index contributed by atoms with van der Waals surface area (Å²) in [6.45, 7) is 2.06. The Morgan fingerprint density at radius 3 is 2.58 bits per heavy atom. The summed E-state index contributed by atoms with van der Waals surface area (Å²) in [5.74, 6) is -0.791. The van der Waals surface area contributed by atoms with Gasteiger partial charge in [0.05, 0.1) is 17.6 Å². The van der Waals surface area contributed by atoms with Gasteiger partial charge >= 0.3 is 5.97 Å². The zero-order valence-corrected chi connectivity index (χ0v) is 10.7. The van der Waals surface area contributed by atoms with Gasteiger partial charge in [-0.3, -0.25) is 0 Å². The van der Waals surface area contributed by atoms with Crippen LogP contribution in [0.3, 0.4) is 0 Å². The molecule has 0 fully saturated rings. The minimum absolute atomic E-state index is 0.171. The third-order valence-corrected chi connectivity index (χ3v) is 2.96. The van der Waals surface area contributed by atoms with Crippen LogP contribution in [-0.4, -0.2) is 26.0 Å². The van der Waals surface area contributed by atoms with Gasteiger partial charge in [0.1, 0.15) is 11.3 Å². The summed E-state index contributed by atoms with van der Waals surface area (Å²) in [4.78, 5) is 11.2. The van der Waals surface area contributed by atoms with Crippen molar-refractivity contribution in [3.63, 3.8) is 0 Å². The lowest BCUT2D eigenvalue weighted by Crippen LogP contribution is -2.06. The summed E-state index contributed by atoms with van der Waals surface area (Å²) >= 11 is 0. The molecule has 0 amide bonds. The number of phenols is 1. The highest BCUT2D eigenvalue weighted by Crippen LogP contribution is 2.19. The Bertz CT molecular complexity index is 573. The molecule has 2 N–H and O–H groups in total. The third-order valence-electron chi connectivity index (χ3n) is 2.96. The number of benzene rings is 1. The van der Waals surface area contributed by atoms with E-state index in [-0.39, 0.29) is 11.3 Å². The maximum Gasteiger partial charge on any atom is 0.339 e. The number of nitrogens with zero attached hydrogens (tertiary/aromatic N) is 2. The molecule has 5 nitrogen and oxygen atoms in total. The smallest absolute Gasteiger partial charge is 0.339 e. The van der Waals surface area contributed by atoms with Gasteiger partial charge in [-0.1, -0.05) is 13.3 Å². The molecule has 0 unspecified atom stereocenters. The van der Waals surface area contributed by atoms with Gasteiger partial charge in [-0.15, -0.1) is 0 Å². The molecule has 0 aliphatic carbocycles. The zero-order valence-electron chi connectivity index (χ0n) is 10.7. The van der Waals surface area contributed by atoms with E-state index < -0.39 is 5.97 Å². The Morgan fingerprint density at radius 2 is 2.00 bits per heavy atom. The number of aromatic hydroxyl groups is 1. The molecule has 100 valence electrons. The molecule has 1 heterocycles. The quantitative estimate of drug-likeness (QED) is 0.866. The molecule has 0 aliphatic rings. The molecule has 2 rings (SSSR count). The van der Waals surface area contributed by atoms with E-state index in [0.717, 1.165) is 18.5 Å². The van der Waals surface area contributed by atoms with Crippen LogP contribution in [0.2, 0.25) is 0 Å². The molecule has 0 atom stereocenters. The van der Waals surface area contributed by atoms with Gasteiger partial charge in [-0.25, -0.2) is 9.48 Å². The van der Waals surface area contributed by atoms with Gasteiger partial charge < -0.3 is 10.2 Å². The molecule has 2 aromatic rings. The largest absolute Gasteiger partial charge is 0.508 e. The van der Waals surface area contributed by atoms with Crippen molar-refractivity contribution >= 4 is 5.97 Å². The molecule has 5 heteroatoms. The van der Waals surface area contributed by atoms with Crippen LogP contribution < -0.4 is 0 Å². The van der Waals surface area contributed by atoms with Gasteiger partial charge in [-0.05, 0) is 37.1 Å². The van der Waals surface area contributed by atoms with Crippen LogP contribution in [0, 0.1) is 0 Å². The second kappa shape index (κ2) is 5.56. The molecule has 0 bridgehead atoms. The van der Waals surface area contributed by atoms with E-state index in [0.29, 0.717) is 12.1 Å². The molecule has 1 aromatic carbocycles. The van der Waals surface area contributed by atoms with Gasteiger partial charge in [-0.2, -0.15) is 5.10 Å². The highest BCUT2D eigenvalue weighted by molar-refractivity contribution is 5.88. The Labute approximate surface area is 111 Å². The predicted octanol–water partition coefficient (Wildman–Crippen LogP) is 2.62. The second-order valence-corrected chi connectivity index (χ2v) is 4.34. The van der Waals surface area contributed by atoms with Crippen molar-refractivity contribution in [3.8, 4) is 11.4 Å². The van der Waals surface area contributed by atoms with Crippen molar-refractivity contribution < 1.29 is 15.0 Å². The summed E-state index contributed by atoms with van der Waals surface area (Å²) in [6.07, 6.45) is 3.93. The maximum atomic E-state index is 11.2. The number of aromatic carboxylic acids is 1. The Kier molecular flexibility index (Phi) is 3.85. The first-order valence-corrected chi connectivity index (χ1v) is 6.23. The van der Waals surface area contributed by atoms with Crippen molar-refractivity contribution in [1.29, 1.82) is 0 Å². The SMILES string of the molecule is CCCCc1c(C(=O)O)cnn1-c1ccc(O)cc1. The fourth-order valence-electron chi connectivity index (χ4n) is 1.95. The van der Waals surface area contributed by atoms with Crippen molar-refractivity contribution in [2.24, 2.45) is 0 Å². The van der Waals surface area contributed by atoms with Crippen molar-refractivity contribution in [3.05, 3.63) is 41.7 Å². The van der Waals surface area contributed by atoms with Crippen molar-refractivity contribution in [1.82, 2.24) is 9.78 Å². The fourth-order valence-corrected chi connectivity index (χ4v) is 1.95. The van der Waals surface area contributed by atoms with Crippen LogP contribution >= 0.6 is 0 Å². The topological polar surface area (TPSA) is 75.3 Å². The fraction of sp³-hybridized carbons (Fsp3) is 0.286. The summed E-state index contributed by atoms with van der Waals surface area (Å²) in [7, 11) is 0. The highest BCUT2D eigenvalue weighted by atomic mass is 16.4. The lowest BCUT2D eigenvalue weighted by atomic mass is 10.1. The molecule has 0 saturated carbocycles. The number of hydrogen-bond donors (Lipinski definition) is 2. The molecular weight excluding hydrogens is 244 g/mol. The summed E-state index contributed by atoms with van der Waals surface area (Å²) in [5.41, 5.74) is 1.68. The number of carboxylic acids is 1. The Morgan fingerprint density at radius 1 is 1.32 bits per heavy atom. The van der Waals surface area contributed by atoms with Gasteiger partial charge in [0.2, 0.25) is 0 Å². The van der Waals surface area contributed by atoms with E-state index in [1.54, 1.807) is 28.9 Å². The molecule has 0 saturated heterocycles. The van der Waals surface area contributed by atoms with Crippen LogP contribution in [-0.2, 0) is 6.42 Å². The lowest BCUT2D eigenvalue weighted by Gasteiger charge is -2.08. The van der Waals surface area contributed by atoms with Crippen LogP contribution in [0.4, 0.5) is 0 Å². The number of carboxylic acid groups (broad SMARTS) is 1. The zero-order chi connectivity index (χ0) is 13.8. The first kappa shape index (κ1) is 13.1. The van der Waals surface area contributed by atoms with E-state index in [9.17, 15) is 15.0 Å². The molecule has 0 radical (unpaired) electrons. The number of phenolic OH excluding ortho intramolecular Hbond substituents is 1. The lowest BCUT2D eigenvalue weighted by molar-refractivity contribution is 0.0695. The Hall–Kier alpha value is -2.30. The number of carbonyl (C=O) groups is 1. The average molecular weight is 260 g/mol. The number of aromatic nitrogens is 2. The van der Waals surface area contributed by atoms with E-state index in [4.69, 9.17) is 0 Å². The van der Waals surface area contributed by atoms with E-state index >= 15 is 0 Å². The van der Waals surface area contributed by atoms with Gasteiger partial charge in [0.15, 0.2) is 0 Å². The number of rotatable bonds is 5. The third kappa shape index (κ3) is 2.76. The summed E-state index contributed by atoms with van der Waals surface area (Å²) in [5, 5.41) is 22.6. The van der Waals surface area contributed by atoms with Crippen LogP contribution in [0.1, 0.15) is 35.8 Å². The Balaban J connectivity index is 2.44. The standard InChI is InChI=1S/C14H16N2O3/c1-2-3-4-13-12(14(18)19)9-15-16(13)10-5-7-11(17)8-6-10/h5-9,17H,2-4H2,1H3,(H,18,19). The minimum Gasteiger partial charge on any atom is -0.508 e. The predicted molar refractivity (Wildman–Crippen MR) is 70.8 cm³/mol. The molecule has 19 heavy (non-hydrogen) atoms. The number of unbranched alkanes of at least 4 members (excludes halogenated alkanes) is 1. The number of hydrogen-bond acceptors (Lipinski definition) is 3. The molecule has 0 spiro atoms. The summed E-state index contributed by atoms with van der Waals surface area (Å²) < 4.78 is 1.62. The monoisotopic (exact) mass is 260 g/mol. The summed E-state index contributed by atoms with van der Waals surface area (Å²) in [6, 6.07) is 6.54. The second-order valence-electron chi connectivity index (χ2n) is 4.34. The van der Waals surface area contributed by atoms with E-state index in [2.05, 4.69) is 12.0 Å². The first-order valence-electron chi connectivity index (χ1n) is 6.23. The van der Waals surface area contributed by atoms with E-state index in [1.165, 1.54) is 6.20 Å². The first-order chi connectivity index (χ1) is 9.13. The molecule has 1 aromatic heterocycles. The van der Waals surface area contributed by atoms with Crippen LogP contribution in [0.25, 0.3) is 5.69 Å². The van der Waals surface area contributed by atoms with Crippen LogP contribution in [0.5, 0.6) is 5.75 Å². The molecular formula is C14H16N2O3. The van der Waals surface area contributed by atoms with Gasteiger partial charge in [0.25, 0.3) is 0 Å². The van der Waals surface area contributed by atoms with E-state index in [1.807, 2.05) is 0 Å². The average Bonchev–Trinajstić information content (AvgIpc) is 2.81. The molecule has 0 aliphatic heterocycles. The minimum atomic E-state index is -0.962. The van der Waals surface area contributed by atoms with Crippen molar-refractivity contribution in [2.75, 3.05) is 0 Å².